The number of anilines is 1. The minimum Gasteiger partial charge on any atom is -0.438 e. The first-order valence-corrected chi connectivity index (χ1v) is 11.1. The second kappa shape index (κ2) is 8.39. The molecule has 8 nitrogen and oxygen atoms in total. The summed E-state index contributed by atoms with van der Waals surface area (Å²) in [7, 11) is -3.85. The first-order chi connectivity index (χ1) is 15.2. The average molecular weight is 453 g/mol. The van der Waals surface area contributed by atoms with Gasteiger partial charge >= 0.3 is 0 Å². The quantitative estimate of drug-likeness (QED) is 0.467. The molecule has 32 heavy (non-hydrogen) atoms. The van der Waals surface area contributed by atoms with Crippen LogP contribution in [0.5, 0.6) is 11.6 Å². The number of benzene rings is 2. The lowest BCUT2D eigenvalue weighted by atomic mass is 10.2. The highest BCUT2D eigenvalue weighted by Gasteiger charge is 2.17. The molecular weight excluding hydrogens is 433 g/mol. The summed E-state index contributed by atoms with van der Waals surface area (Å²) < 4.78 is 48.3. The maximum atomic E-state index is 13.3. The fraction of sp³-hybridized carbons (Fsp3) is 0.136. The smallest absolute Gasteiger partial charge is 0.262 e. The third-order valence-corrected chi connectivity index (χ3v) is 6.15. The molecule has 0 saturated heterocycles. The first-order valence-electron chi connectivity index (χ1n) is 9.65. The van der Waals surface area contributed by atoms with Gasteiger partial charge in [0.15, 0.2) is 5.82 Å². The van der Waals surface area contributed by atoms with Gasteiger partial charge in [0.1, 0.15) is 11.6 Å². The van der Waals surface area contributed by atoms with E-state index in [1.807, 2.05) is 19.9 Å². The molecule has 0 fully saturated rings. The number of sulfonamides is 1. The number of nitrogens with zero attached hydrogens (tertiary/aromatic N) is 4. The molecule has 0 spiro atoms. The second-order valence-electron chi connectivity index (χ2n) is 7.21. The van der Waals surface area contributed by atoms with Crippen molar-refractivity contribution in [2.45, 2.75) is 25.7 Å². The molecule has 2 aromatic carbocycles. The van der Waals surface area contributed by atoms with Gasteiger partial charge in [-0.05, 0) is 80.9 Å². The molecule has 2 aromatic heterocycles. The van der Waals surface area contributed by atoms with Gasteiger partial charge in [-0.15, -0.1) is 10.2 Å². The molecule has 1 N–H and O–H groups in total. The van der Waals surface area contributed by atoms with Crippen LogP contribution in [0.3, 0.4) is 0 Å². The van der Waals surface area contributed by atoms with Gasteiger partial charge in [0, 0.05) is 17.4 Å². The standard InChI is InChI=1S/C22H20FN5O3S/c1-14-12-17(23)4-9-20(14)32(29,30)27-18-5-7-19(8-6-18)31-22-11-10-21(24-25-22)28-16(3)13-15(2)26-28/h4-13,27H,1-3H3. The highest BCUT2D eigenvalue weighted by molar-refractivity contribution is 7.92. The van der Waals surface area contributed by atoms with Crippen LogP contribution in [0.2, 0.25) is 0 Å². The van der Waals surface area contributed by atoms with E-state index < -0.39 is 15.8 Å². The van der Waals surface area contributed by atoms with E-state index in [4.69, 9.17) is 4.74 Å². The lowest BCUT2D eigenvalue weighted by Gasteiger charge is -2.11. The Balaban J connectivity index is 1.45. The highest BCUT2D eigenvalue weighted by Crippen LogP contribution is 2.24. The Hall–Kier alpha value is -3.79. The normalized spacial score (nSPS) is 11.4. The summed E-state index contributed by atoms with van der Waals surface area (Å²) in [5, 5.41) is 12.6. The van der Waals surface area contributed by atoms with Crippen molar-refractivity contribution < 1.29 is 17.5 Å². The molecule has 0 aliphatic heterocycles. The Morgan fingerprint density at radius 2 is 1.69 bits per heavy atom. The van der Waals surface area contributed by atoms with E-state index in [0.717, 1.165) is 17.5 Å². The maximum absolute atomic E-state index is 13.3. The summed E-state index contributed by atoms with van der Waals surface area (Å²) >= 11 is 0. The zero-order valence-electron chi connectivity index (χ0n) is 17.6. The molecule has 2 heterocycles. The summed E-state index contributed by atoms with van der Waals surface area (Å²) in [5.41, 5.74) is 2.49. The van der Waals surface area contributed by atoms with Crippen LogP contribution in [-0.4, -0.2) is 28.4 Å². The molecule has 0 aliphatic rings. The Kier molecular flexibility index (Phi) is 5.62. The summed E-state index contributed by atoms with van der Waals surface area (Å²) in [6.45, 7) is 5.37. The van der Waals surface area contributed by atoms with Gasteiger partial charge in [0.2, 0.25) is 5.88 Å². The lowest BCUT2D eigenvalue weighted by molar-refractivity contribution is 0.454. The van der Waals surface area contributed by atoms with Crippen LogP contribution >= 0.6 is 0 Å². The first kappa shape index (κ1) is 21.4. The molecule has 4 rings (SSSR count). The third kappa shape index (κ3) is 4.59. The summed E-state index contributed by atoms with van der Waals surface area (Å²) in [5.74, 6) is 0.822. The monoisotopic (exact) mass is 453 g/mol. The van der Waals surface area contributed by atoms with Gasteiger partial charge in [-0.3, -0.25) is 4.72 Å². The predicted octanol–water partition coefficient (Wildman–Crippen LogP) is 4.32. The van der Waals surface area contributed by atoms with Crippen molar-refractivity contribution in [2.75, 3.05) is 4.72 Å². The van der Waals surface area contributed by atoms with Crippen molar-refractivity contribution in [3.63, 3.8) is 0 Å². The van der Waals surface area contributed by atoms with Gasteiger partial charge in [0.05, 0.1) is 10.6 Å². The van der Waals surface area contributed by atoms with Crippen molar-refractivity contribution in [2.24, 2.45) is 0 Å². The van der Waals surface area contributed by atoms with E-state index >= 15 is 0 Å². The van der Waals surface area contributed by atoms with Gasteiger partial charge in [-0.1, -0.05) is 0 Å². The zero-order chi connectivity index (χ0) is 22.9. The van der Waals surface area contributed by atoms with E-state index in [-0.39, 0.29) is 10.8 Å². The van der Waals surface area contributed by atoms with Crippen molar-refractivity contribution in [3.05, 3.63) is 83.4 Å². The Labute approximate surface area is 184 Å². The summed E-state index contributed by atoms with van der Waals surface area (Å²) in [6, 6.07) is 15.2. The number of hydrogen-bond donors (Lipinski definition) is 1. The maximum Gasteiger partial charge on any atom is 0.262 e. The number of halogens is 1. The van der Waals surface area contributed by atoms with Crippen LogP contribution < -0.4 is 9.46 Å². The Morgan fingerprint density at radius 1 is 0.938 bits per heavy atom. The molecular formula is C22H20FN5O3S. The van der Waals surface area contributed by atoms with Gasteiger partial charge in [0.25, 0.3) is 10.0 Å². The van der Waals surface area contributed by atoms with Crippen molar-refractivity contribution in [1.29, 1.82) is 0 Å². The minimum absolute atomic E-state index is 0.0113. The van der Waals surface area contributed by atoms with E-state index in [1.165, 1.54) is 19.1 Å². The lowest BCUT2D eigenvalue weighted by Crippen LogP contribution is -2.14. The van der Waals surface area contributed by atoms with Crippen LogP contribution in [-0.2, 0) is 10.0 Å². The van der Waals surface area contributed by atoms with E-state index in [0.29, 0.717) is 22.8 Å². The molecule has 0 unspecified atom stereocenters. The van der Waals surface area contributed by atoms with Crippen molar-refractivity contribution in [3.8, 4) is 17.4 Å². The molecule has 4 aromatic rings. The zero-order valence-corrected chi connectivity index (χ0v) is 18.4. The molecule has 164 valence electrons. The molecule has 0 bridgehead atoms. The predicted molar refractivity (Wildman–Crippen MR) is 117 cm³/mol. The average Bonchev–Trinajstić information content (AvgIpc) is 3.07. The van der Waals surface area contributed by atoms with Crippen LogP contribution in [0.1, 0.15) is 17.0 Å². The van der Waals surface area contributed by atoms with Crippen LogP contribution in [0, 0.1) is 26.6 Å². The Bertz CT molecular complexity index is 1370. The van der Waals surface area contributed by atoms with Crippen molar-refractivity contribution in [1.82, 2.24) is 20.0 Å². The van der Waals surface area contributed by atoms with E-state index in [2.05, 4.69) is 20.0 Å². The van der Waals surface area contributed by atoms with Crippen LogP contribution in [0.25, 0.3) is 5.82 Å². The second-order valence-corrected chi connectivity index (χ2v) is 8.86. The van der Waals surface area contributed by atoms with Gasteiger partial charge in [-0.25, -0.2) is 17.5 Å². The van der Waals surface area contributed by atoms with Gasteiger partial charge in [-0.2, -0.15) is 5.10 Å². The van der Waals surface area contributed by atoms with E-state index in [9.17, 15) is 12.8 Å². The Morgan fingerprint density at radius 3 is 2.28 bits per heavy atom. The van der Waals surface area contributed by atoms with Crippen LogP contribution in [0.4, 0.5) is 10.1 Å². The number of ether oxygens (including phenoxy) is 1. The molecule has 0 radical (unpaired) electrons. The van der Waals surface area contributed by atoms with E-state index in [1.54, 1.807) is 41.1 Å². The van der Waals surface area contributed by atoms with Crippen LogP contribution in [0.15, 0.2) is 65.6 Å². The SMILES string of the molecule is Cc1cc(C)n(-c2ccc(Oc3ccc(NS(=O)(=O)c4ccc(F)cc4C)cc3)nn2)n1. The summed E-state index contributed by atoms with van der Waals surface area (Å²) in [6.07, 6.45) is 0. The summed E-state index contributed by atoms with van der Waals surface area (Å²) in [4.78, 5) is 0.0113. The minimum atomic E-state index is -3.85. The number of rotatable bonds is 6. The highest BCUT2D eigenvalue weighted by atomic mass is 32.2. The molecule has 0 aliphatic carbocycles. The number of nitrogens with one attached hydrogen (secondary N) is 1. The van der Waals surface area contributed by atoms with Gasteiger partial charge < -0.3 is 4.74 Å². The third-order valence-electron chi connectivity index (χ3n) is 4.61. The fourth-order valence-corrected chi connectivity index (χ4v) is 4.46. The number of aromatic nitrogens is 4. The molecule has 0 amide bonds. The number of aryl methyl sites for hydroxylation is 3. The molecule has 10 heteroatoms. The fourth-order valence-electron chi connectivity index (χ4n) is 3.18. The molecule has 0 atom stereocenters. The largest absolute Gasteiger partial charge is 0.438 e. The molecule has 0 saturated carbocycles. The number of hydrogen-bond acceptors (Lipinski definition) is 6. The van der Waals surface area contributed by atoms with Crippen molar-refractivity contribution >= 4 is 15.7 Å². The topological polar surface area (TPSA) is 99.0 Å².